The van der Waals surface area contributed by atoms with Crippen molar-refractivity contribution >= 4 is 0 Å². The molecule has 1 aliphatic rings. The molecule has 1 aliphatic carbocycles. The van der Waals surface area contributed by atoms with E-state index in [1.54, 1.807) is 4.68 Å². The normalized spacial score (nSPS) is 14.4. The number of nitrogens with zero attached hydrogens (tertiary/aromatic N) is 3. The average Bonchev–Trinajstić information content (AvgIpc) is 3.20. The molecule has 0 bridgehead atoms. The van der Waals surface area contributed by atoms with Gasteiger partial charge < -0.3 is 10.1 Å². The summed E-state index contributed by atoms with van der Waals surface area (Å²) in [6, 6.07) is 4.48. The third-order valence-electron chi connectivity index (χ3n) is 3.23. The molecule has 7 heteroatoms. The van der Waals surface area contributed by atoms with Gasteiger partial charge in [-0.05, 0) is 25.0 Å². The van der Waals surface area contributed by atoms with Crippen LogP contribution in [0.1, 0.15) is 18.5 Å². The molecule has 1 heterocycles. The van der Waals surface area contributed by atoms with Crippen molar-refractivity contribution in [1.29, 1.82) is 0 Å². The first-order chi connectivity index (χ1) is 10.2. The van der Waals surface area contributed by atoms with Crippen molar-refractivity contribution in [2.75, 3.05) is 6.61 Å². The van der Waals surface area contributed by atoms with E-state index < -0.39 is 11.6 Å². The first-order valence-corrected chi connectivity index (χ1v) is 6.91. The Labute approximate surface area is 120 Å². The van der Waals surface area contributed by atoms with Gasteiger partial charge in [-0.25, -0.2) is 9.07 Å². The largest absolute Gasteiger partial charge is 0.488 e. The van der Waals surface area contributed by atoms with E-state index in [1.807, 2.05) is 6.20 Å². The van der Waals surface area contributed by atoms with Gasteiger partial charge in [-0.1, -0.05) is 11.3 Å². The summed E-state index contributed by atoms with van der Waals surface area (Å²) in [5.74, 6) is -1.97. The quantitative estimate of drug-likeness (QED) is 0.847. The third-order valence-corrected chi connectivity index (χ3v) is 3.23. The Morgan fingerprint density at radius 3 is 3.00 bits per heavy atom. The second-order valence-corrected chi connectivity index (χ2v) is 5.03. The smallest absolute Gasteiger partial charge is 0.200 e. The molecule has 1 N–H and O–H groups in total. The molecule has 2 aromatic rings. The lowest BCUT2D eigenvalue weighted by atomic mass is 10.3. The zero-order valence-corrected chi connectivity index (χ0v) is 11.4. The molecule has 0 radical (unpaired) electrons. The van der Waals surface area contributed by atoms with Crippen molar-refractivity contribution in [3.63, 3.8) is 0 Å². The van der Waals surface area contributed by atoms with E-state index >= 15 is 0 Å². The molecule has 112 valence electrons. The van der Waals surface area contributed by atoms with E-state index in [2.05, 4.69) is 15.6 Å². The first kappa shape index (κ1) is 13.9. The molecule has 3 rings (SSSR count). The fourth-order valence-corrected chi connectivity index (χ4v) is 1.91. The van der Waals surface area contributed by atoms with E-state index in [0.29, 0.717) is 19.1 Å². The van der Waals surface area contributed by atoms with Crippen molar-refractivity contribution in [3.05, 3.63) is 41.7 Å². The Kier molecular flexibility index (Phi) is 4.10. The van der Waals surface area contributed by atoms with Crippen molar-refractivity contribution in [2.45, 2.75) is 32.0 Å². The summed E-state index contributed by atoms with van der Waals surface area (Å²) in [5, 5.41) is 11.3. The number of benzene rings is 1. The number of ether oxygens (including phenoxy) is 1. The lowest BCUT2D eigenvalue weighted by Crippen LogP contribution is -2.15. The molecule has 0 aliphatic heterocycles. The SMILES string of the molecule is Fc1cccc(OCCn2cc(CNC3CC3)nn2)c1F. The number of halogens is 2. The summed E-state index contributed by atoms with van der Waals surface area (Å²) >= 11 is 0. The molecule has 0 atom stereocenters. The molecular weight excluding hydrogens is 278 g/mol. The van der Waals surface area contributed by atoms with Crippen LogP contribution in [0.3, 0.4) is 0 Å². The van der Waals surface area contributed by atoms with Crippen LogP contribution in [-0.2, 0) is 13.1 Å². The van der Waals surface area contributed by atoms with Crippen molar-refractivity contribution in [3.8, 4) is 5.75 Å². The Morgan fingerprint density at radius 2 is 2.19 bits per heavy atom. The molecule has 0 spiro atoms. The average molecular weight is 294 g/mol. The van der Waals surface area contributed by atoms with Gasteiger partial charge >= 0.3 is 0 Å². The van der Waals surface area contributed by atoms with E-state index in [1.165, 1.54) is 25.0 Å². The highest BCUT2D eigenvalue weighted by atomic mass is 19.2. The third kappa shape index (κ3) is 3.75. The highest BCUT2D eigenvalue weighted by Crippen LogP contribution is 2.19. The van der Waals surface area contributed by atoms with Crippen molar-refractivity contribution in [2.24, 2.45) is 0 Å². The van der Waals surface area contributed by atoms with Gasteiger partial charge in [-0.2, -0.15) is 4.39 Å². The predicted molar refractivity (Wildman–Crippen MR) is 71.7 cm³/mol. The number of nitrogens with one attached hydrogen (secondary N) is 1. The topological polar surface area (TPSA) is 52.0 Å². The first-order valence-electron chi connectivity index (χ1n) is 6.91. The molecule has 0 unspecified atom stereocenters. The maximum Gasteiger partial charge on any atom is 0.200 e. The Morgan fingerprint density at radius 1 is 1.33 bits per heavy atom. The minimum absolute atomic E-state index is 0.0919. The summed E-state index contributed by atoms with van der Waals surface area (Å²) in [5.41, 5.74) is 0.860. The van der Waals surface area contributed by atoms with E-state index in [9.17, 15) is 8.78 Å². The summed E-state index contributed by atoms with van der Waals surface area (Å²) < 4.78 is 33.2. The monoisotopic (exact) mass is 294 g/mol. The lowest BCUT2D eigenvalue weighted by Gasteiger charge is -2.07. The van der Waals surface area contributed by atoms with Crippen LogP contribution in [0.5, 0.6) is 5.75 Å². The molecule has 0 saturated heterocycles. The summed E-state index contributed by atoms with van der Waals surface area (Å²) in [7, 11) is 0. The summed E-state index contributed by atoms with van der Waals surface area (Å²) in [6.07, 6.45) is 4.27. The van der Waals surface area contributed by atoms with Gasteiger partial charge in [-0.15, -0.1) is 5.10 Å². The summed E-state index contributed by atoms with van der Waals surface area (Å²) in [4.78, 5) is 0. The Bertz CT molecular complexity index is 613. The van der Waals surface area contributed by atoms with Crippen LogP contribution in [0.4, 0.5) is 8.78 Å². The number of hydrogen-bond donors (Lipinski definition) is 1. The molecule has 5 nitrogen and oxygen atoms in total. The molecule has 21 heavy (non-hydrogen) atoms. The zero-order chi connectivity index (χ0) is 14.7. The zero-order valence-electron chi connectivity index (χ0n) is 11.4. The van der Waals surface area contributed by atoms with Gasteiger partial charge in [0.15, 0.2) is 11.6 Å². The standard InChI is InChI=1S/C14H16F2N4O/c15-12-2-1-3-13(14(12)16)21-7-6-20-9-11(18-19-20)8-17-10-4-5-10/h1-3,9-10,17H,4-8H2. The fraction of sp³-hybridized carbons (Fsp3) is 0.429. The van der Waals surface area contributed by atoms with E-state index in [4.69, 9.17) is 4.74 Å². The van der Waals surface area contributed by atoms with Gasteiger partial charge in [0.25, 0.3) is 0 Å². The van der Waals surface area contributed by atoms with Crippen molar-refractivity contribution < 1.29 is 13.5 Å². The van der Waals surface area contributed by atoms with Crippen LogP contribution in [0.25, 0.3) is 0 Å². The van der Waals surface area contributed by atoms with Crippen LogP contribution in [0.15, 0.2) is 24.4 Å². The van der Waals surface area contributed by atoms with Gasteiger partial charge in [0, 0.05) is 18.8 Å². The number of rotatable bonds is 7. The van der Waals surface area contributed by atoms with Crippen LogP contribution in [-0.4, -0.2) is 27.6 Å². The predicted octanol–water partition coefficient (Wildman–Crippen LogP) is 1.89. The minimum Gasteiger partial charge on any atom is -0.488 e. The number of aromatic nitrogens is 3. The van der Waals surface area contributed by atoms with Crippen LogP contribution < -0.4 is 10.1 Å². The fourth-order valence-electron chi connectivity index (χ4n) is 1.91. The highest BCUT2D eigenvalue weighted by Gasteiger charge is 2.20. The minimum atomic E-state index is -0.967. The van der Waals surface area contributed by atoms with Gasteiger partial charge in [-0.3, -0.25) is 0 Å². The lowest BCUT2D eigenvalue weighted by molar-refractivity contribution is 0.272. The maximum absolute atomic E-state index is 13.4. The Balaban J connectivity index is 1.47. The van der Waals surface area contributed by atoms with E-state index in [-0.39, 0.29) is 12.4 Å². The molecule has 1 fully saturated rings. The maximum atomic E-state index is 13.4. The highest BCUT2D eigenvalue weighted by molar-refractivity contribution is 5.24. The van der Waals surface area contributed by atoms with Crippen molar-refractivity contribution in [1.82, 2.24) is 20.3 Å². The molecule has 1 saturated carbocycles. The summed E-state index contributed by atoms with van der Waals surface area (Å²) in [6.45, 7) is 1.32. The number of hydrogen-bond acceptors (Lipinski definition) is 4. The molecule has 1 aromatic carbocycles. The molecule has 0 amide bonds. The van der Waals surface area contributed by atoms with E-state index in [0.717, 1.165) is 11.8 Å². The van der Waals surface area contributed by atoms with Crippen LogP contribution in [0, 0.1) is 11.6 Å². The van der Waals surface area contributed by atoms with Gasteiger partial charge in [0.05, 0.1) is 12.2 Å². The Hall–Kier alpha value is -2.02. The second kappa shape index (κ2) is 6.17. The van der Waals surface area contributed by atoms with Gasteiger partial charge in [0.1, 0.15) is 6.61 Å². The second-order valence-electron chi connectivity index (χ2n) is 5.03. The molecular formula is C14H16F2N4O. The molecule has 1 aromatic heterocycles. The van der Waals surface area contributed by atoms with Gasteiger partial charge in [0.2, 0.25) is 5.82 Å². The van der Waals surface area contributed by atoms with Crippen LogP contribution in [0.2, 0.25) is 0 Å². The van der Waals surface area contributed by atoms with Crippen LogP contribution >= 0.6 is 0 Å².